The van der Waals surface area contributed by atoms with Crippen LogP contribution in [-0.4, -0.2) is 16.4 Å². The van der Waals surface area contributed by atoms with Gasteiger partial charge in [-0.05, 0) is 17.7 Å². The van der Waals surface area contributed by atoms with E-state index in [1.165, 1.54) is 0 Å². The first-order valence-corrected chi connectivity index (χ1v) is 7.37. The Morgan fingerprint density at radius 3 is 2.22 bits per heavy atom. The molecule has 1 aliphatic heterocycles. The first-order chi connectivity index (χ1) is 11.2. The molecule has 2 amide bonds. The van der Waals surface area contributed by atoms with Gasteiger partial charge in [-0.2, -0.15) is 0 Å². The Labute approximate surface area is 133 Å². The number of amides is 2. The van der Waals surface area contributed by atoms with Crippen LogP contribution in [0.15, 0.2) is 60.7 Å². The number of aromatic nitrogens is 1. The lowest BCUT2D eigenvalue weighted by Crippen LogP contribution is -2.23. The van der Waals surface area contributed by atoms with Gasteiger partial charge >= 0.3 is 0 Å². The summed E-state index contributed by atoms with van der Waals surface area (Å²) < 4.78 is 1.95. The standard InChI is InChI=1S/C19H14N2O2/c1-21-14-10-6-5-9-13(14)11-15(21)17-16(18(22)20-19(17)23)12-7-3-2-4-8-12/h2-11H,1H3,(H,20,22,23). The average molecular weight is 302 g/mol. The van der Waals surface area contributed by atoms with Crippen molar-refractivity contribution >= 4 is 33.9 Å². The number of rotatable bonds is 2. The summed E-state index contributed by atoms with van der Waals surface area (Å²) in [4.78, 5) is 24.7. The van der Waals surface area contributed by atoms with Gasteiger partial charge in [-0.25, -0.2) is 0 Å². The van der Waals surface area contributed by atoms with Crippen molar-refractivity contribution in [3.63, 3.8) is 0 Å². The molecule has 112 valence electrons. The largest absolute Gasteiger partial charge is 0.343 e. The first-order valence-electron chi connectivity index (χ1n) is 7.37. The molecule has 4 heteroatoms. The number of hydrogen-bond donors (Lipinski definition) is 1. The average Bonchev–Trinajstić information content (AvgIpc) is 3.05. The zero-order chi connectivity index (χ0) is 16.0. The minimum Gasteiger partial charge on any atom is -0.343 e. The third kappa shape index (κ3) is 1.99. The Hall–Kier alpha value is -3.14. The molecule has 0 fully saturated rings. The molecule has 1 N–H and O–H groups in total. The summed E-state index contributed by atoms with van der Waals surface area (Å²) >= 11 is 0. The Morgan fingerprint density at radius 1 is 0.826 bits per heavy atom. The van der Waals surface area contributed by atoms with Crippen LogP contribution in [0.2, 0.25) is 0 Å². The van der Waals surface area contributed by atoms with Gasteiger partial charge in [-0.1, -0.05) is 48.5 Å². The van der Waals surface area contributed by atoms with Gasteiger partial charge in [0.25, 0.3) is 11.8 Å². The molecule has 0 saturated carbocycles. The quantitative estimate of drug-likeness (QED) is 0.740. The maximum atomic E-state index is 12.4. The van der Waals surface area contributed by atoms with Crippen LogP contribution >= 0.6 is 0 Å². The van der Waals surface area contributed by atoms with Crippen molar-refractivity contribution in [2.24, 2.45) is 7.05 Å². The minimum absolute atomic E-state index is 0.346. The zero-order valence-corrected chi connectivity index (χ0v) is 12.5. The lowest BCUT2D eigenvalue weighted by Gasteiger charge is -2.06. The molecule has 0 saturated heterocycles. The van der Waals surface area contributed by atoms with Crippen molar-refractivity contribution in [2.45, 2.75) is 0 Å². The van der Waals surface area contributed by atoms with Crippen LogP contribution < -0.4 is 5.32 Å². The Bertz CT molecular complexity index is 981. The molecule has 0 bridgehead atoms. The van der Waals surface area contributed by atoms with Gasteiger partial charge < -0.3 is 4.57 Å². The van der Waals surface area contributed by atoms with Crippen LogP contribution in [-0.2, 0) is 16.6 Å². The molecular weight excluding hydrogens is 288 g/mol. The van der Waals surface area contributed by atoms with Crippen molar-refractivity contribution in [3.05, 3.63) is 71.9 Å². The van der Waals surface area contributed by atoms with Crippen LogP contribution in [0.5, 0.6) is 0 Å². The molecule has 4 nitrogen and oxygen atoms in total. The van der Waals surface area contributed by atoms with Gasteiger partial charge in [-0.3, -0.25) is 14.9 Å². The topological polar surface area (TPSA) is 51.1 Å². The van der Waals surface area contributed by atoms with Crippen LogP contribution in [0.25, 0.3) is 22.0 Å². The summed E-state index contributed by atoms with van der Waals surface area (Å²) in [6.45, 7) is 0. The smallest absolute Gasteiger partial charge is 0.261 e. The molecule has 1 aliphatic rings. The number of carbonyl (C=O) groups excluding carboxylic acids is 2. The second-order valence-corrected chi connectivity index (χ2v) is 5.55. The second kappa shape index (κ2) is 4.95. The molecule has 4 rings (SSSR count). The summed E-state index contributed by atoms with van der Waals surface area (Å²) in [7, 11) is 1.91. The van der Waals surface area contributed by atoms with E-state index in [-0.39, 0.29) is 11.8 Å². The number of para-hydroxylation sites is 1. The third-order valence-electron chi connectivity index (χ3n) is 4.20. The zero-order valence-electron chi connectivity index (χ0n) is 12.5. The summed E-state index contributed by atoms with van der Waals surface area (Å²) in [5, 5.41) is 3.46. The van der Waals surface area contributed by atoms with Gasteiger partial charge in [-0.15, -0.1) is 0 Å². The number of fused-ring (bicyclic) bond motifs is 1. The van der Waals surface area contributed by atoms with Gasteiger partial charge in [0.2, 0.25) is 0 Å². The monoisotopic (exact) mass is 302 g/mol. The van der Waals surface area contributed by atoms with E-state index in [1.807, 2.05) is 72.3 Å². The molecule has 0 unspecified atom stereocenters. The first kappa shape index (κ1) is 13.5. The van der Waals surface area contributed by atoms with Gasteiger partial charge in [0.15, 0.2) is 0 Å². The van der Waals surface area contributed by atoms with Crippen LogP contribution in [0.1, 0.15) is 11.3 Å². The van der Waals surface area contributed by atoms with Crippen molar-refractivity contribution in [1.29, 1.82) is 0 Å². The van der Waals surface area contributed by atoms with E-state index in [0.29, 0.717) is 11.1 Å². The number of carbonyl (C=O) groups is 2. The van der Waals surface area contributed by atoms with E-state index in [2.05, 4.69) is 5.32 Å². The summed E-state index contributed by atoms with van der Waals surface area (Å²) in [5.74, 6) is -0.693. The van der Waals surface area contributed by atoms with E-state index < -0.39 is 0 Å². The van der Waals surface area contributed by atoms with Crippen molar-refractivity contribution in [2.75, 3.05) is 0 Å². The van der Waals surface area contributed by atoms with Crippen molar-refractivity contribution < 1.29 is 9.59 Å². The third-order valence-corrected chi connectivity index (χ3v) is 4.20. The van der Waals surface area contributed by atoms with Gasteiger partial charge in [0, 0.05) is 18.0 Å². The highest BCUT2D eigenvalue weighted by molar-refractivity contribution is 6.49. The molecule has 0 atom stereocenters. The highest BCUT2D eigenvalue weighted by atomic mass is 16.2. The van der Waals surface area contributed by atoms with E-state index in [4.69, 9.17) is 0 Å². The molecular formula is C19H14N2O2. The molecule has 23 heavy (non-hydrogen) atoms. The van der Waals surface area contributed by atoms with E-state index >= 15 is 0 Å². The SMILES string of the molecule is Cn1c(C2=C(c3ccccc3)C(=O)NC2=O)cc2ccccc21. The molecule has 2 heterocycles. The molecule has 3 aromatic rings. The fraction of sp³-hybridized carbons (Fsp3) is 0.0526. The molecule has 1 aromatic heterocycles. The fourth-order valence-corrected chi connectivity index (χ4v) is 3.11. The summed E-state index contributed by atoms with van der Waals surface area (Å²) in [5.41, 5.74) is 3.38. The maximum Gasteiger partial charge on any atom is 0.261 e. The Balaban J connectivity index is 2.03. The fourth-order valence-electron chi connectivity index (χ4n) is 3.11. The maximum absolute atomic E-state index is 12.4. The predicted molar refractivity (Wildman–Crippen MR) is 89.3 cm³/mol. The number of hydrogen-bond acceptors (Lipinski definition) is 2. The predicted octanol–water partition coefficient (Wildman–Crippen LogP) is 2.75. The highest BCUT2D eigenvalue weighted by Crippen LogP contribution is 2.33. The number of imide groups is 1. The number of nitrogens with zero attached hydrogens (tertiary/aromatic N) is 1. The van der Waals surface area contributed by atoms with Crippen molar-refractivity contribution in [1.82, 2.24) is 9.88 Å². The molecule has 0 radical (unpaired) electrons. The van der Waals surface area contributed by atoms with Crippen LogP contribution in [0.4, 0.5) is 0 Å². The normalized spacial score (nSPS) is 14.7. The lowest BCUT2D eigenvalue weighted by molar-refractivity contribution is -0.122. The molecule has 0 spiro atoms. The number of aryl methyl sites for hydroxylation is 1. The lowest BCUT2D eigenvalue weighted by atomic mass is 9.99. The minimum atomic E-state index is -0.347. The Kier molecular flexibility index (Phi) is 2.91. The summed E-state index contributed by atoms with van der Waals surface area (Å²) in [6.07, 6.45) is 0. The molecule has 0 aliphatic carbocycles. The van der Waals surface area contributed by atoms with Crippen molar-refractivity contribution in [3.8, 4) is 0 Å². The number of benzene rings is 2. The van der Waals surface area contributed by atoms with Gasteiger partial charge in [0.1, 0.15) is 0 Å². The molecule has 2 aromatic carbocycles. The van der Waals surface area contributed by atoms with E-state index in [0.717, 1.165) is 22.2 Å². The second-order valence-electron chi connectivity index (χ2n) is 5.55. The number of nitrogens with one attached hydrogen (secondary N) is 1. The van der Waals surface area contributed by atoms with E-state index in [1.54, 1.807) is 0 Å². The van der Waals surface area contributed by atoms with Gasteiger partial charge in [0.05, 0.1) is 16.8 Å². The van der Waals surface area contributed by atoms with Crippen LogP contribution in [0.3, 0.4) is 0 Å². The Morgan fingerprint density at radius 2 is 1.48 bits per heavy atom. The van der Waals surface area contributed by atoms with Crippen LogP contribution in [0, 0.1) is 0 Å². The highest BCUT2D eigenvalue weighted by Gasteiger charge is 2.33. The summed E-state index contributed by atoms with van der Waals surface area (Å²) in [6, 6.07) is 19.1. The van der Waals surface area contributed by atoms with E-state index in [9.17, 15) is 9.59 Å².